The Labute approximate surface area is 124 Å². The summed E-state index contributed by atoms with van der Waals surface area (Å²) >= 11 is 0. The average Bonchev–Trinajstić information content (AvgIpc) is 2.67. The van der Waals surface area contributed by atoms with Crippen molar-refractivity contribution >= 4 is 9.84 Å². The lowest BCUT2D eigenvalue weighted by Gasteiger charge is -2.21. The Morgan fingerprint density at radius 3 is 2.48 bits per heavy atom. The lowest BCUT2D eigenvalue weighted by atomic mass is 9.94. The highest BCUT2D eigenvalue weighted by Gasteiger charge is 2.29. The number of likely N-dealkylation sites (N-methyl/N-ethyl adjacent to an activating group) is 1. The van der Waals surface area contributed by atoms with E-state index in [0.29, 0.717) is 24.8 Å². The van der Waals surface area contributed by atoms with Gasteiger partial charge < -0.3 is 5.32 Å². The van der Waals surface area contributed by atoms with Gasteiger partial charge in [0.25, 0.3) is 0 Å². The van der Waals surface area contributed by atoms with E-state index in [9.17, 15) is 17.2 Å². The number of rotatable bonds is 6. The molecule has 0 amide bonds. The summed E-state index contributed by atoms with van der Waals surface area (Å²) in [4.78, 5) is 0. The smallest absolute Gasteiger partial charge is 0.150 e. The minimum atomic E-state index is -2.89. The molecule has 1 saturated heterocycles. The molecule has 0 aromatic heterocycles. The number of halogens is 2. The summed E-state index contributed by atoms with van der Waals surface area (Å²) < 4.78 is 49.5. The summed E-state index contributed by atoms with van der Waals surface area (Å²) in [7, 11) is -2.89. The third kappa shape index (κ3) is 5.04. The number of nitrogens with one attached hydrogen (secondary N) is 1. The first-order chi connectivity index (χ1) is 9.88. The van der Waals surface area contributed by atoms with Crippen molar-refractivity contribution in [3.05, 3.63) is 35.4 Å². The van der Waals surface area contributed by atoms with E-state index in [0.717, 1.165) is 12.6 Å². The second-order valence-corrected chi connectivity index (χ2v) is 7.97. The van der Waals surface area contributed by atoms with Crippen LogP contribution in [0.1, 0.15) is 25.3 Å². The molecule has 3 nitrogen and oxygen atoms in total. The number of sulfone groups is 1. The molecule has 118 valence electrons. The zero-order valence-corrected chi connectivity index (χ0v) is 12.9. The van der Waals surface area contributed by atoms with Crippen molar-refractivity contribution in [2.24, 2.45) is 5.92 Å². The predicted octanol–water partition coefficient (Wildman–Crippen LogP) is 2.31. The molecule has 0 saturated carbocycles. The van der Waals surface area contributed by atoms with Gasteiger partial charge in [0.2, 0.25) is 0 Å². The molecule has 21 heavy (non-hydrogen) atoms. The van der Waals surface area contributed by atoms with E-state index < -0.39 is 21.5 Å². The Hall–Kier alpha value is -1.01. The molecule has 1 N–H and O–H groups in total. The van der Waals surface area contributed by atoms with Crippen LogP contribution in [0.4, 0.5) is 8.78 Å². The van der Waals surface area contributed by atoms with Crippen molar-refractivity contribution in [2.75, 3.05) is 18.1 Å². The summed E-state index contributed by atoms with van der Waals surface area (Å²) in [5, 5.41) is 3.28. The second-order valence-electron chi connectivity index (χ2n) is 5.74. The van der Waals surface area contributed by atoms with Crippen molar-refractivity contribution in [3.63, 3.8) is 0 Å². The predicted molar refractivity (Wildman–Crippen MR) is 78.9 cm³/mol. The fourth-order valence-electron chi connectivity index (χ4n) is 3.00. The first-order valence-corrected chi connectivity index (χ1v) is 9.09. The molecule has 2 unspecified atom stereocenters. The van der Waals surface area contributed by atoms with Crippen molar-refractivity contribution in [1.29, 1.82) is 0 Å². The van der Waals surface area contributed by atoms with Crippen LogP contribution >= 0.6 is 0 Å². The van der Waals surface area contributed by atoms with Crippen LogP contribution in [-0.4, -0.2) is 32.5 Å². The van der Waals surface area contributed by atoms with Gasteiger partial charge in [0, 0.05) is 12.1 Å². The maximum atomic E-state index is 13.2. The molecule has 0 aliphatic carbocycles. The van der Waals surface area contributed by atoms with Gasteiger partial charge in [-0.3, -0.25) is 0 Å². The highest BCUT2D eigenvalue weighted by molar-refractivity contribution is 7.91. The standard InChI is InChI=1S/C15H21F2NO2S/c1-2-18-15(7-11-3-4-21(19,20)10-11)8-12-5-13(16)9-14(17)6-12/h5-6,9,11,15,18H,2-4,7-8,10H2,1H3. The van der Waals surface area contributed by atoms with Gasteiger partial charge in [0.15, 0.2) is 9.84 Å². The molecule has 2 rings (SSSR count). The van der Waals surface area contributed by atoms with E-state index >= 15 is 0 Å². The van der Waals surface area contributed by atoms with Crippen LogP contribution in [0.25, 0.3) is 0 Å². The van der Waals surface area contributed by atoms with Gasteiger partial charge in [-0.15, -0.1) is 0 Å². The molecule has 1 fully saturated rings. The van der Waals surface area contributed by atoms with Crippen molar-refractivity contribution in [1.82, 2.24) is 5.32 Å². The van der Waals surface area contributed by atoms with Crippen LogP contribution in [0, 0.1) is 17.6 Å². The Morgan fingerprint density at radius 2 is 1.95 bits per heavy atom. The Kier molecular flexibility index (Phi) is 5.32. The summed E-state index contributed by atoms with van der Waals surface area (Å²) in [6.45, 7) is 2.70. The Morgan fingerprint density at radius 1 is 1.29 bits per heavy atom. The molecule has 0 bridgehead atoms. The van der Waals surface area contributed by atoms with Crippen molar-refractivity contribution < 1.29 is 17.2 Å². The first-order valence-electron chi connectivity index (χ1n) is 7.26. The summed E-state index contributed by atoms with van der Waals surface area (Å²) in [5.74, 6) is -0.540. The number of hydrogen-bond donors (Lipinski definition) is 1. The minimum Gasteiger partial charge on any atom is -0.314 e. The lowest BCUT2D eigenvalue weighted by Crippen LogP contribution is -2.33. The van der Waals surface area contributed by atoms with Gasteiger partial charge in [-0.05, 0) is 49.4 Å². The second kappa shape index (κ2) is 6.83. The molecule has 2 atom stereocenters. The minimum absolute atomic E-state index is 0.0366. The Balaban J connectivity index is 2.01. The molecule has 0 radical (unpaired) electrons. The van der Waals surface area contributed by atoms with Crippen LogP contribution in [0.2, 0.25) is 0 Å². The van der Waals surface area contributed by atoms with Crippen molar-refractivity contribution in [3.8, 4) is 0 Å². The molecule has 1 aromatic rings. The third-order valence-electron chi connectivity index (χ3n) is 3.84. The quantitative estimate of drug-likeness (QED) is 0.876. The van der Waals surface area contributed by atoms with Gasteiger partial charge in [0.05, 0.1) is 11.5 Å². The van der Waals surface area contributed by atoms with Gasteiger partial charge in [-0.2, -0.15) is 0 Å². The average molecular weight is 317 g/mol. The number of benzene rings is 1. The van der Waals surface area contributed by atoms with E-state index in [4.69, 9.17) is 0 Å². The topological polar surface area (TPSA) is 46.2 Å². The highest BCUT2D eigenvalue weighted by atomic mass is 32.2. The van der Waals surface area contributed by atoms with Gasteiger partial charge in [-0.25, -0.2) is 17.2 Å². The molecule has 1 heterocycles. The fraction of sp³-hybridized carbons (Fsp3) is 0.600. The van der Waals surface area contributed by atoms with Crippen LogP contribution in [0.15, 0.2) is 18.2 Å². The molecule has 0 spiro atoms. The van der Waals surface area contributed by atoms with E-state index in [2.05, 4.69) is 5.32 Å². The third-order valence-corrected chi connectivity index (χ3v) is 5.68. The van der Waals surface area contributed by atoms with Gasteiger partial charge in [-0.1, -0.05) is 6.92 Å². The van der Waals surface area contributed by atoms with Gasteiger partial charge >= 0.3 is 0 Å². The maximum Gasteiger partial charge on any atom is 0.150 e. The summed E-state index contributed by atoms with van der Waals surface area (Å²) in [5.41, 5.74) is 0.597. The normalized spacial score (nSPS) is 22.3. The van der Waals surface area contributed by atoms with E-state index in [1.165, 1.54) is 12.1 Å². The van der Waals surface area contributed by atoms with E-state index in [-0.39, 0.29) is 23.5 Å². The van der Waals surface area contributed by atoms with Crippen LogP contribution in [0.5, 0.6) is 0 Å². The molecule has 1 aromatic carbocycles. The largest absolute Gasteiger partial charge is 0.314 e. The fourth-order valence-corrected chi connectivity index (χ4v) is 4.88. The van der Waals surface area contributed by atoms with E-state index in [1.54, 1.807) is 0 Å². The van der Waals surface area contributed by atoms with Crippen molar-refractivity contribution in [2.45, 2.75) is 32.2 Å². The van der Waals surface area contributed by atoms with E-state index in [1.807, 2.05) is 6.92 Å². The molecular weight excluding hydrogens is 296 g/mol. The summed E-state index contributed by atoms with van der Waals surface area (Å²) in [6, 6.07) is 3.56. The van der Waals surface area contributed by atoms with Crippen LogP contribution < -0.4 is 5.32 Å². The van der Waals surface area contributed by atoms with Crippen LogP contribution in [-0.2, 0) is 16.3 Å². The highest BCUT2D eigenvalue weighted by Crippen LogP contribution is 2.24. The maximum absolute atomic E-state index is 13.2. The lowest BCUT2D eigenvalue weighted by molar-refractivity contribution is 0.408. The van der Waals surface area contributed by atoms with Crippen LogP contribution in [0.3, 0.4) is 0 Å². The number of hydrogen-bond acceptors (Lipinski definition) is 3. The molecular formula is C15H21F2NO2S. The SMILES string of the molecule is CCNC(Cc1cc(F)cc(F)c1)CC1CCS(=O)(=O)C1. The molecule has 6 heteroatoms. The van der Waals surface area contributed by atoms with Gasteiger partial charge in [0.1, 0.15) is 11.6 Å². The monoisotopic (exact) mass is 317 g/mol. The summed E-state index contributed by atoms with van der Waals surface area (Å²) in [6.07, 6.45) is 1.89. The zero-order chi connectivity index (χ0) is 15.5. The molecule has 1 aliphatic heterocycles. The first kappa shape index (κ1) is 16.4. The Bertz CT molecular complexity index is 569. The molecule has 1 aliphatic rings. The zero-order valence-electron chi connectivity index (χ0n) is 12.1.